The van der Waals surface area contributed by atoms with Gasteiger partial charge in [-0.1, -0.05) is 35.7 Å². The number of halogens is 2. The largest absolute Gasteiger partial charge is 0.377 e. The SMILES string of the molecule is CCCCCOCc1cc(F)cc(Br)c1. The monoisotopic (exact) mass is 274 g/mol. The second-order valence-corrected chi connectivity index (χ2v) is 4.45. The van der Waals surface area contributed by atoms with Crippen molar-refractivity contribution in [2.75, 3.05) is 6.61 Å². The Balaban J connectivity index is 2.31. The van der Waals surface area contributed by atoms with Crippen molar-refractivity contribution in [3.8, 4) is 0 Å². The molecule has 15 heavy (non-hydrogen) atoms. The van der Waals surface area contributed by atoms with Crippen molar-refractivity contribution >= 4 is 15.9 Å². The smallest absolute Gasteiger partial charge is 0.124 e. The maximum absolute atomic E-state index is 13.0. The Bertz CT molecular complexity index is 281. The summed E-state index contributed by atoms with van der Waals surface area (Å²) in [5.41, 5.74) is 0.873. The van der Waals surface area contributed by atoms with Gasteiger partial charge in [-0.05, 0) is 30.2 Å². The molecule has 0 aromatic heterocycles. The van der Waals surface area contributed by atoms with Crippen molar-refractivity contribution in [2.24, 2.45) is 0 Å². The Morgan fingerprint density at radius 2 is 2.07 bits per heavy atom. The van der Waals surface area contributed by atoms with Crippen molar-refractivity contribution in [2.45, 2.75) is 32.8 Å². The lowest BCUT2D eigenvalue weighted by atomic mass is 10.2. The summed E-state index contributed by atoms with van der Waals surface area (Å²) < 4.78 is 19.2. The molecule has 0 fully saturated rings. The average Bonchev–Trinajstić information content (AvgIpc) is 2.16. The molecule has 0 heterocycles. The molecule has 0 saturated heterocycles. The fourth-order valence-electron chi connectivity index (χ4n) is 1.34. The topological polar surface area (TPSA) is 9.23 Å². The van der Waals surface area contributed by atoms with Gasteiger partial charge in [-0.2, -0.15) is 0 Å². The van der Waals surface area contributed by atoms with Gasteiger partial charge in [-0.25, -0.2) is 4.39 Å². The summed E-state index contributed by atoms with van der Waals surface area (Å²) in [5, 5.41) is 0. The quantitative estimate of drug-likeness (QED) is 0.703. The van der Waals surface area contributed by atoms with Gasteiger partial charge >= 0.3 is 0 Å². The van der Waals surface area contributed by atoms with Crippen LogP contribution in [-0.4, -0.2) is 6.61 Å². The van der Waals surface area contributed by atoms with Crippen LogP contribution in [-0.2, 0) is 11.3 Å². The summed E-state index contributed by atoms with van der Waals surface area (Å²) in [6.45, 7) is 3.39. The van der Waals surface area contributed by atoms with E-state index in [0.717, 1.165) is 23.1 Å². The van der Waals surface area contributed by atoms with E-state index in [4.69, 9.17) is 4.74 Å². The minimum atomic E-state index is -0.225. The molecule has 0 bridgehead atoms. The summed E-state index contributed by atoms with van der Waals surface area (Å²) in [5.74, 6) is -0.225. The van der Waals surface area contributed by atoms with Gasteiger partial charge in [0.2, 0.25) is 0 Å². The molecule has 3 heteroatoms. The second kappa shape index (κ2) is 6.96. The van der Waals surface area contributed by atoms with E-state index in [-0.39, 0.29) is 5.82 Å². The number of benzene rings is 1. The zero-order chi connectivity index (χ0) is 11.1. The Morgan fingerprint density at radius 1 is 1.27 bits per heavy atom. The van der Waals surface area contributed by atoms with E-state index < -0.39 is 0 Å². The van der Waals surface area contributed by atoms with E-state index in [1.807, 2.05) is 6.07 Å². The molecule has 0 N–H and O–H groups in total. The van der Waals surface area contributed by atoms with Crippen molar-refractivity contribution < 1.29 is 9.13 Å². The third-order valence-electron chi connectivity index (χ3n) is 2.08. The molecule has 1 rings (SSSR count). The molecule has 0 radical (unpaired) electrons. The maximum Gasteiger partial charge on any atom is 0.124 e. The summed E-state index contributed by atoms with van der Waals surface area (Å²) in [6.07, 6.45) is 3.45. The number of hydrogen-bond donors (Lipinski definition) is 0. The molecule has 0 saturated carbocycles. The minimum Gasteiger partial charge on any atom is -0.377 e. The van der Waals surface area contributed by atoms with Crippen LogP contribution < -0.4 is 0 Å². The van der Waals surface area contributed by atoms with Crippen LogP contribution in [0.15, 0.2) is 22.7 Å². The molecule has 1 nitrogen and oxygen atoms in total. The third-order valence-corrected chi connectivity index (χ3v) is 2.54. The van der Waals surface area contributed by atoms with Crippen molar-refractivity contribution in [1.82, 2.24) is 0 Å². The molecule has 0 amide bonds. The lowest BCUT2D eigenvalue weighted by Crippen LogP contribution is -1.96. The number of unbranched alkanes of at least 4 members (excludes halogenated alkanes) is 2. The Kier molecular flexibility index (Phi) is 5.88. The standard InChI is InChI=1S/C12H16BrFO/c1-2-3-4-5-15-9-10-6-11(13)8-12(14)7-10/h6-8H,2-5,9H2,1H3. The van der Waals surface area contributed by atoms with E-state index >= 15 is 0 Å². The van der Waals surface area contributed by atoms with E-state index in [2.05, 4.69) is 22.9 Å². The molecular formula is C12H16BrFO. The number of ether oxygens (including phenoxy) is 1. The molecule has 1 aromatic carbocycles. The van der Waals surface area contributed by atoms with Crippen LogP contribution in [0.4, 0.5) is 4.39 Å². The molecule has 1 aromatic rings. The second-order valence-electron chi connectivity index (χ2n) is 3.54. The predicted molar refractivity (Wildman–Crippen MR) is 63.3 cm³/mol. The van der Waals surface area contributed by atoms with E-state index in [0.29, 0.717) is 6.61 Å². The van der Waals surface area contributed by atoms with Crippen molar-refractivity contribution in [1.29, 1.82) is 0 Å². The fourth-order valence-corrected chi connectivity index (χ4v) is 1.85. The van der Waals surface area contributed by atoms with Crippen LogP contribution in [0.2, 0.25) is 0 Å². The van der Waals surface area contributed by atoms with Gasteiger partial charge in [0.1, 0.15) is 5.82 Å². The average molecular weight is 275 g/mol. The highest BCUT2D eigenvalue weighted by Crippen LogP contribution is 2.15. The summed E-state index contributed by atoms with van der Waals surface area (Å²) in [6, 6.07) is 4.83. The fraction of sp³-hybridized carbons (Fsp3) is 0.500. The Hall–Kier alpha value is -0.410. The highest BCUT2D eigenvalue weighted by molar-refractivity contribution is 9.10. The molecule has 0 unspecified atom stereocenters. The Morgan fingerprint density at radius 3 is 2.73 bits per heavy atom. The zero-order valence-corrected chi connectivity index (χ0v) is 10.5. The van der Waals surface area contributed by atoms with Crippen molar-refractivity contribution in [3.05, 3.63) is 34.1 Å². The molecule has 0 aliphatic carbocycles. The first-order chi connectivity index (χ1) is 7.22. The van der Waals surface area contributed by atoms with Crippen LogP contribution in [0.25, 0.3) is 0 Å². The molecule has 84 valence electrons. The van der Waals surface area contributed by atoms with E-state index in [1.165, 1.54) is 25.0 Å². The van der Waals surface area contributed by atoms with E-state index in [1.54, 1.807) is 0 Å². The van der Waals surface area contributed by atoms with Gasteiger partial charge in [0, 0.05) is 11.1 Å². The first-order valence-electron chi connectivity index (χ1n) is 5.25. The Labute approximate surface area is 98.8 Å². The lowest BCUT2D eigenvalue weighted by Gasteiger charge is -2.04. The van der Waals surface area contributed by atoms with Gasteiger partial charge in [-0.3, -0.25) is 0 Å². The van der Waals surface area contributed by atoms with Crippen LogP contribution >= 0.6 is 15.9 Å². The highest BCUT2D eigenvalue weighted by Gasteiger charge is 1.99. The molecule has 0 atom stereocenters. The molecule has 0 aliphatic heterocycles. The first kappa shape index (κ1) is 12.7. The van der Waals surface area contributed by atoms with Gasteiger partial charge in [0.25, 0.3) is 0 Å². The molecule has 0 spiro atoms. The first-order valence-corrected chi connectivity index (χ1v) is 6.04. The van der Waals surface area contributed by atoms with Crippen LogP contribution in [0.3, 0.4) is 0 Å². The third kappa shape index (κ3) is 5.28. The van der Waals surface area contributed by atoms with Crippen LogP contribution in [0.1, 0.15) is 31.7 Å². The van der Waals surface area contributed by atoms with Gasteiger partial charge in [-0.15, -0.1) is 0 Å². The zero-order valence-electron chi connectivity index (χ0n) is 8.93. The number of hydrogen-bond acceptors (Lipinski definition) is 1. The molecular weight excluding hydrogens is 259 g/mol. The van der Waals surface area contributed by atoms with E-state index in [9.17, 15) is 4.39 Å². The minimum absolute atomic E-state index is 0.225. The van der Waals surface area contributed by atoms with Crippen LogP contribution in [0, 0.1) is 5.82 Å². The highest BCUT2D eigenvalue weighted by atomic mass is 79.9. The van der Waals surface area contributed by atoms with Gasteiger partial charge < -0.3 is 4.74 Å². The van der Waals surface area contributed by atoms with Crippen LogP contribution in [0.5, 0.6) is 0 Å². The summed E-state index contributed by atoms with van der Waals surface area (Å²) in [4.78, 5) is 0. The molecule has 0 aliphatic rings. The van der Waals surface area contributed by atoms with Gasteiger partial charge in [0.15, 0.2) is 0 Å². The predicted octanol–water partition coefficient (Wildman–Crippen LogP) is 4.30. The normalized spacial score (nSPS) is 10.6. The lowest BCUT2D eigenvalue weighted by molar-refractivity contribution is 0.117. The van der Waals surface area contributed by atoms with Gasteiger partial charge in [0.05, 0.1) is 6.61 Å². The summed E-state index contributed by atoms with van der Waals surface area (Å²) >= 11 is 3.25. The number of rotatable bonds is 6. The maximum atomic E-state index is 13.0. The van der Waals surface area contributed by atoms with Crippen molar-refractivity contribution in [3.63, 3.8) is 0 Å². The summed E-state index contributed by atoms with van der Waals surface area (Å²) in [7, 11) is 0.